The number of nitrogens with one attached hydrogen (secondary N) is 1. The van der Waals surface area contributed by atoms with Crippen molar-refractivity contribution in [2.24, 2.45) is 5.41 Å². The van der Waals surface area contributed by atoms with Gasteiger partial charge in [0.2, 0.25) is 0 Å². The lowest BCUT2D eigenvalue weighted by molar-refractivity contribution is -0.127. The van der Waals surface area contributed by atoms with Gasteiger partial charge >= 0.3 is 0 Å². The Morgan fingerprint density at radius 2 is 2.21 bits per heavy atom. The van der Waals surface area contributed by atoms with Crippen molar-refractivity contribution in [1.82, 2.24) is 15.1 Å². The Bertz CT molecular complexity index is 705. The summed E-state index contributed by atoms with van der Waals surface area (Å²) < 4.78 is 7.79. The molecule has 2 aromatic rings. The molecule has 0 radical (unpaired) electrons. The number of amides is 1. The predicted molar refractivity (Wildman–Crippen MR) is 92.9 cm³/mol. The maximum Gasteiger partial charge on any atom is 0.260 e. The van der Waals surface area contributed by atoms with Gasteiger partial charge in [-0.25, -0.2) is 0 Å². The van der Waals surface area contributed by atoms with Crippen LogP contribution in [0.2, 0.25) is 0 Å². The Hall–Kier alpha value is -2.30. The summed E-state index contributed by atoms with van der Waals surface area (Å²) in [4.78, 5) is 12.4. The van der Waals surface area contributed by atoms with Crippen LogP contribution in [-0.2, 0) is 11.3 Å². The van der Waals surface area contributed by atoms with Gasteiger partial charge in [-0.3, -0.25) is 9.48 Å². The fourth-order valence-corrected chi connectivity index (χ4v) is 2.80. The van der Waals surface area contributed by atoms with E-state index in [0.29, 0.717) is 6.54 Å². The Morgan fingerprint density at radius 3 is 2.88 bits per heavy atom. The van der Waals surface area contributed by atoms with Gasteiger partial charge in [-0.2, -0.15) is 5.10 Å². The van der Waals surface area contributed by atoms with Crippen molar-refractivity contribution in [3.8, 4) is 5.75 Å². The number of aryl methyl sites for hydroxylation is 2. The summed E-state index contributed by atoms with van der Waals surface area (Å²) in [5, 5.41) is 7.30. The Kier molecular flexibility index (Phi) is 4.60. The molecule has 1 aliphatic carbocycles. The number of benzene rings is 1. The summed E-state index contributed by atoms with van der Waals surface area (Å²) in [6, 6.07) is 7.95. The summed E-state index contributed by atoms with van der Waals surface area (Å²) in [7, 11) is 0. The number of carbonyl (C=O) groups excluding carboxylic acids is 1. The zero-order valence-corrected chi connectivity index (χ0v) is 14.6. The quantitative estimate of drug-likeness (QED) is 0.851. The number of rotatable bonds is 7. The molecule has 5 heteroatoms. The van der Waals surface area contributed by atoms with Crippen LogP contribution in [0.1, 0.15) is 30.9 Å². The molecule has 0 aliphatic heterocycles. The average molecular weight is 327 g/mol. The Labute approximate surface area is 143 Å². The molecule has 1 unspecified atom stereocenters. The molecule has 1 heterocycles. The molecule has 1 fully saturated rings. The van der Waals surface area contributed by atoms with E-state index in [9.17, 15) is 4.79 Å². The predicted octanol–water partition coefficient (Wildman–Crippen LogP) is 2.86. The molecular weight excluding hydrogens is 302 g/mol. The minimum atomic E-state index is -0.508. The van der Waals surface area contributed by atoms with Crippen LogP contribution >= 0.6 is 0 Å². The minimum absolute atomic E-state index is 0.0670. The van der Waals surface area contributed by atoms with Crippen LogP contribution in [0, 0.1) is 19.3 Å². The van der Waals surface area contributed by atoms with Crippen molar-refractivity contribution in [1.29, 1.82) is 0 Å². The summed E-state index contributed by atoms with van der Waals surface area (Å²) in [6.45, 7) is 7.33. The third kappa shape index (κ3) is 3.96. The Morgan fingerprint density at radius 1 is 1.42 bits per heavy atom. The molecule has 128 valence electrons. The molecule has 1 aliphatic rings. The maximum atomic E-state index is 12.4. The largest absolute Gasteiger partial charge is 0.481 e. The standard InChI is InChI=1S/C19H25N3O2/c1-14-5-6-15(2)17(11-14)24-16(3)18(23)20-12-19(7-8-19)13-22-10-4-9-21-22/h4-6,9-11,16H,7-8,12-13H2,1-3H3,(H,20,23). The third-order valence-electron chi connectivity index (χ3n) is 4.67. The smallest absolute Gasteiger partial charge is 0.260 e. The molecule has 3 rings (SSSR count). The van der Waals surface area contributed by atoms with Crippen molar-refractivity contribution < 1.29 is 9.53 Å². The highest BCUT2D eigenvalue weighted by molar-refractivity contribution is 5.80. The first kappa shape index (κ1) is 16.6. The molecule has 0 spiro atoms. The topological polar surface area (TPSA) is 56.1 Å². The van der Waals surface area contributed by atoms with Gasteiger partial charge in [0.25, 0.3) is 5.91 Å². The summed E-state index contributed by atoms with van der Waals surface area (Å²) in [5.74, 6) is 0.706. The van der Waals surface area contributed by atoms with Crippen molar-refractivity contribution >= 4 is 5.91 Å². The molecule has 1 saturated carbocycles. The zero-order chi connectivity index (χ0) is 17.2. The normalized spacial score (nSPS) is 16.5. The fraction of sp³-hybridized carbons (Fsp3) is 0.474. The van der Waals surface area contributed by atoms with Gasteiger partial charge in [0.1, 0.15) is 5.75 Å². The molecule has 5 nitrogen and oxygen atoms in total. The lowest BCUT2D eigenvalue weighted by atomic mass is 10.1. The minimum Gasteiger partial charge on any atom is -0.481 e. The molecule has 0 bridgehead atoms. The first-order valence-corrected chi connectivity index (χ1v) is 8.47. The fourth-order valence-electron chi connectivity index (χ4n) is 2.80. The van der Waals surface area contributed by atoms with Crippen LogP contribution in [0.3, 0.4) is 0 Å². The second-order valence-electron chi connectivity index (χ2n) is 6.95. The van der Waals surface area contributed by atoms with Gasteiger partial charge in [0.15, 0.2) is 6.10 Å². The van der Waals surface area contributed by atoms with Crippen molar-refractivity contribution in [2.45, 2.75) is 46.3 Å². The number of aromatic nitrogens is 2. The zero-order valence-electron chi connectivity index (χ0n) is 14.6. The highest BCUT2D eigenvalue weighted by atomic mass is 16.5. The van der Waals surface area contributed by atoms with Gasteiger partial charge in [-0.1, -0.05) is 12.1 Å². The first-order chi connectivity index (χ1) is 11.5. The van der Waals surface area contributed by atoms with Gasteiger partial charge in [-0.05, 0) is 56.9 Å². The van der Waals surface area contributed by atoms with Crippen molar-refractivity contribution in [2.75, 3.05) is 6.54 Å². The lowest BCUT2D eigenvalue weighted by Gasteiger charge is -2.20. The van der Waals surface area contributed by atoms with Gasteiger partial charge in [-0.15, -0.1) is 0 Å². The average Bonchev–Trinajstić information content (AvgIpc) is 3.12. The highest BCUT2D eigenvalue weighted by Crippen LogP contribution is 2.46. The van der Waals surface area contributed by atoms with E-state index in [4.69, 9.17) is 4.74 Å². The SMILES string of the molecule is Cc1ccc(C)c(OC(C)C(=O)NCC2(Cn3cccn3)CC2)c1. The molecule has 1 atom stereocenters. The first-order valence-electron chi connectivity index (χ1n) is 8.47. The molecule has 1 amide bonds. The van der Waals surface area contributed by atoms with Crippen molar-refractivity contribution in [3.63, 3.8) is 0 Å². The van der Waals surface area contributed by atoms with Crippen LogP contribution in [0.25, 0.3) is 0 Å². The van der Waals surface area contributed by atoms with E-state index in [1.165, 1.54) is 0 Å². The lowest BCUT2D eigenvalue weighted by Crippen LogP contribution is -2.40. The van der Waals surface area contributed by atoms with E-state index >= 15 is 0 Å². The molecule has 1 N–H and O–H groups in total. The van der Waals surface area contributed by atoms with E-state index in [2.05, 4.69) is 10.4 Å². The van der Waals surface area contributed by atoms with Gasteiger partial charge < -0.3 is 10.1 Å². The molecule has 1 aromatic carbocycles. The van der Waals surface area contributed by atoms with Gasteiger partial charge in [0, 0.05) is 30.9 Å². The van der Waals surface area contributed by atoms with Crippen LogP contribution < -0.4 is 10.1 Å². The van der Waals surface area contributed by atoms with E-state index in [0.717, 1.165) is 36.3 Å². The summed E-state index contributed by atoms with van der Waals surface area (Å²) in [6.07, 6.45) is 5.49. The van der Waals surface area contributed by atoms with Crippen LogP contribution in [0.5, 0.6) is 5.75 Å². The van der Waals surface area contributed by atoms with Gasteiger partial charge in [0.05, 0.1) is 0 Å². The third-order valence-corrected chi connectivity index (χ3v) is 4.67. The number of nitrogens with zero attached hydrogens (tertiary/aromatic N) is 2. The monoisotopic (exact) mass is 327 g/mol. The van der Waals surface area contributed by atoms with E-state index in [1.807, 2.05) is 49.0 Å². The second-order valence-corrected chi connectivity index (χ2v) is 6.95. The van der Waals surface area contributed by atoms with Crippen LogP contribution in [0.15, 0.2) is 36.7 Å². The second kappa shape index (κ2) is 6.67. The molecular formula is C19H25N3O2. The van der Waals surface area contributed by atoms with E-state index in [1.54, 1.807) is 13.1 Å². The highest BCUT2D eigenvalue weighted by Gasteiger charge is 2.43. The number of carbonyl (C=O) groups is 1. The van der Waals surface area contributed by atoms with E-state index < -0.39 is 6.10 Å². The Balaban J connectivity index is 1.52. The summed E-state index contributed by atoms with van der Waals surface area (Å²) in [5.41, 5.74) is 2.32. The maximum absolute atomic E-state index is 12.4. The number of hydrogen-bond acceptors (Lipinski definition) is 3. The molecule has 0 saturated heterocycles. The number of hydrogen-bond donors (Lipinski definition) is 1. The van der Waals surface area contributed by atoms with Crippen LogP contribution in [0.4, 0.5) is 0 Å². The van der Waals surface area contributed by atoms with E-state index in [-0.39, 0.29) is 11.3 Å². The number of ether oxygens (including phenoxy) is 1. The molecule has 1 aromatic heterocycles. The summed E-state index contributed by atoms with van der Waals surface area (Å²) >= 11 is 0. The van der Waals surface area contributed by atoms with Crippen molar-refractivity contribution in [3.05, 3.63) is 47.8 Å². The molecule has 24 heavy (non-hydrogen) atoms. The van der Waals surface area contributed by atoms with Crippen LogP contribution in [-0.4, -0.2) is 28.3 Å².